The second kappa shape index (κ2) is 8.31. The van der Waals surface area contributed by atoms with E-state index in [1.54, 1.807) is 35.8 Å². The normalized spacial score (nSPS) is 10.4. The molecule has 0 atom stereocenters. The second-order valence-electron chi connectivity index (χ2n) is 5.20. The molecule has 2 rings (SSSR count). The molecule has 0 radical (unpaired) electrons. The lowest BCUT2D eigenvalue weighted by molar-refractivity contribution is 0.0784. The summed E-state index contributed by atoms with van der Waals surface area (Å²) >= 11 is 7.87. The Kier molecular flexibility index (Phi) is 6.40. The standard InChI is InChI=1S/C18H20ClNO3S/c1-20(11-12-5-7-14(24-4)8-6-12)18(21)13-9-15(19)17(23-3)16(10-13)22-2/h5-10H,11H2,1-4H3. The highest BCUT2D eigenvalue weighted by Gasteiger charge is 2.18. The maximum atomic E-state index is 12.7. The van der Waals surface area contributed by atoms with Gasteiger partial charge in [-0.3, -0.25) is 4.79 Å². The molecule has 1 amide bonds. The molecule has 4 nitrogen and oxygen atoms in total. The number of thioether (sulfide) groups is 1. The Morgan fingerprint density at radius 1 is 1.17 bits per heavy atom. The highest BCUT2D eigenvalue weighted by molar-refractivity contribution is 7.98. The number of hydrogen-bond acceptors (Lipinski definition) is 4. The molecule has 0 N–H and O–H groups in total. The van der Waals surface area contributed by atoms with E-state index >= 15 is 0 Å². The Hall–Kier alpha value is -1.85. The van der Waals surface area contributed by atoms with Crippen molar-refractivity contribution in [1.82, 2.24) is 4.90 Å². The van der Waals surface area contributed by atoms with Crippen LogP contribution in [-0.4, -0.2) is 38.3 Å². The van der Waals surface area contributed by atoms with E-state index in [9.17, 15) is 4.79 Å². The smallest absolute Gasteiger partial charge is 0.254 e. The first-order valence-electron chi connectivity index (χ1n) is 7.30. The molecule has 0 aromatic heterocycles. The molecule has 0 fully saturated rings. The molecule has 0 heterocycles. The summed E-state index contributed by atoms with van der Waals surface area (Å²) in [6.07, 6.45) is 2.03. The van der Waals surface area contributed by atoms with Gasteiger partial charge in [-0.25, -0.2) is 0 Å². The molecular formula is C18H20ClNO3S. The van der Waals surface area contributed by atoms with Crippen LogP contribution in [-0.2, 0) is 6.54 Å². The van der Waals surface area contributed by atoms with Crippen LogP contribution in [0.5, 0.6) is 11.5 Å². The fourth-order valence-corrected chi connectivity index (χ4v) is 3.03. The van der Waals surface area contributed by atoms with Gasteiger partial charge in [0.2, 0.25) is 0 Å². The summed E-state index contributed by atoms with van der Waals surface area (Å²) in [5, 5.41) is 0.345. The molecule has 24 heavy (non-hydrogen) atoms. The van der Waals surface area contributed by atoms with Crippen LogP contribution >= 0.6 is 23.4 Å². The van der Waals surface area contributed by atoms with Gasteiger partial charge in [-0.1, -0.05) is 23.7 Å². The molecule has 128 valence electrons. The minimum atomic E-state index is -0.133. The fourth-order valence-electron chi connectivity index (χ4n) is 2.34. The highest BCUT2D eigenvalue weighted by Crippen LogP contribution is 2.36. The second-order valence-corrected chi connectivity index (χ2v) is 6.49. The average molecular weight is 366 g/mol. The van der Waals surface area contributed by atoms with E-state index in [0.29, 0.717) is 28.6 Å². The predicted octanol–water partition coefficient (Wildman–Crippen LogP) is 4.35. The molecule has 0 saturated heterocycles. The number of hydrogen-bond donors (Lipinski definition) is 0. The van der Waals surface area contributed by atoms with Crippen molar-refractivity contribution in [3.63, 3.8) is 0 Å². The first kappa shape index (κ1) is 18.5. The first-order chi connectivity index (χ1) is 11.5. The number of carbonyl (C=O) groups is 1. The van der Waals surface area contributed by atoms with E-state index < -0.39 is 0 Å². The fraction of sp³-hybridized carbons (Fsp3) is 0.278. The highest BCUT2D eigenvalue weighted by atomic mass is 35.5. The molecule has 2 aromatic rings. The third-order valence-corrected chi connectivity index (χ3v) is 4.63. The molecule has 0 aliphatic heterocycles. The van der Waals surface area contributed by atoms with Crippen LogP contribution in [0.3, 0.4) is 0 Å². The Morgan fingerprint density at radius 2 is 1.83 bits per heavy atom. The number of amides is 1. The SMILES string of the molecule is COc1cc(C(=O)N(C)Cc2ccc(SC)cc2)cc(Cl)c1OC. The van der Waals surface area contributed by atoms with E-state index in [1.807, 2.05) is 30.5 Å². The van der Waals surface area contributed by atoms with Crippen LogP contribution in [0, 0.1) is 0 Å². The average Bonchev–Trinajstić information content (AvgIpc) is 2.60. The van der Waals surface area contributed by atoms with Crippen LogP contribution in [0.4, 0.5) is 0 Å². The van der Waals surface area contributed by atoms with Crippen molar-refractivity contribution in [3.8, 4) is 11.5 Å². The van der Waals surface area contributed by atoms with Crippen molar-refractivity contribution in [2.75, 3.05) is 27.5 Å². The summed E-state index contributed by atoms with van der Waals surface area (Å²) in [5.74, 6) is 0.726. The minimum Gasteiger partial charge on any atom is -0.493 e. The van der Waals surface area contributed by atoms with E-state index in [2.05, 4.69) is 0 Å². The van der Waals surface area contributed by atoms with Crippen molar-refractivity contribution >= 4 is 29.3 Å². The summed E-state index contributed by atoms with van der Waals surface area (Å²) in [5.41, 5.74) is 1.52. The largest absolute Gasteiger partial charge is 0.493 e. The van der Waals surface area contributed by atoms with Gasteiger partial charge in [0.1, 0.15) is 0 Å². The molecule has 0 aliphatic carbocycles. The number of carbonyl (C=O) groups excluding carboxylic acids is 1. The number of nitrogens with zero attached hydrogens (tertiary/aromatic N) is 1. The summed E-state index contributed by atoms with van der Waals surface area (Å²) in [4.78, 5) is 15.5. The van der Waals surface area contributed by atoms with Gasteiger partial charge in [-0.05, 0) is 36.1 Å². The van der Waals surface area contributed by atoms with Crippen LogP contribution in [0.15, 0.2) is 41.3 Å². The number of ether oxygens (including phenoxy) is 2. The number of benzene rings is 2. The number of methoxy groups -OCH3 is 2. The van der Waals surface area contributed by atoms with Gasteiger partial charge in [0.25, 0.3) is 5.91 Å². The van der Waals surface area contributed by atoms with Crippen molar-refractivity contribution in [3.05, 3.63) is 52.5 Å². The molecule has 2 aromatic carbocycles. The van der Waals surface area contributed by atoms with Gasteiger partial charge < -0.3 is 14.4 Å². The molecule has 0 aliphatic rings. The van der Waals surface area contributed by atoms with Crippen LogP contribution in [0.1, 0.15) is 15.9 Å². The Bertz CT molecular complexity index is 719. The van der Waals surface area contributed by atoms with Crippen LogP contribution in [0.25, 0.3) is 0 Å². The topological polar surface area (TPSA) is 38.8 Å². The third-order valence-electron chi connectivity index (χ3n) is 3.61. The van der Waals surface area contributed by atoms with Crippen molar-refractivity contribution in [2.24, 2.45) is 0 Å². The minimum absolute atomic E-state index is 0.133. The monoisotopic (exact) mass is 365 g/mol. The Morgan fingerprint density at radius 3 is 2.38 bits per heavy atom. The van der Waals surface area contributed by atoms with Gasteiger partial charge in [-0.2, -0.15) is 0 Å². The maximum Gasteiger partial charge on any atom is 0.254 e. The summed E-state index contributed by atoms with van der Waals surface area (Å²) in [6, 6.07) is 11.4. The third kappa shape index (κ3) is 4.16. The quantitative estimate of drug-likeness (QED) is 0.713. The summed E-state index contributed by atoms with van der Waals surface area (Å²) in [7, 11) is 4.78. The zero-order chi connectivity index (χ0) is 17.7. The lowest BCUT2D eigenvalue weighted by Gasteiger charge is -2.19. The van der Waals surface area contributed by atoms with E-state index in [4.69, 9.17) is 21.1 Å². The van der Waals surface area contributed by atoms with Crippen molar-refractivity contribution < 1.29 is 14.3 Å². The van der Waals surface area contributed by atoms with Gasteiger partial charge in [0.05, 0.1) is 19.2 Å². The summed E-state index contributed by atoms with van der Waals surface area (Å²) in [6.45, 7) is 0.513. The number of halogens is 1. The molecule has 6 heteroatoms. The lowest BCUT2D eigenvalue weighted by Crippen LogP contribution is -2.26. The predicted molar refractivity (Wildman–Crippen MR) is 98.6 cm³/mol. The molecule has 0 spiro atoms. The zero-order valence-electron chi connectivity index (χ0n) is 14.1. The van der Waals surface area contributed by atoms with E-state index in [0.717, 1.165) is 5.56 Å². The molecular weight excluding hydrogens is 346 g/mol. The molecule has 0 bridgehead atoms. The van der Waals surface area contributed by atoms with E-state index in [-0.39, 0.29) is 5.91 Å². The summed E-state index contributed by atoms with van der Waals surface area (Å²) < 4.78 is 10.4. The van der Waals surface area contributed by atoms with Crippen LogP contribution in [0.2, 0.25) is 5.02 Å². The Labute approximate surface area is 151 Å². The van der Waals surface area contributed by atoms with Crippen LogP contribution < -0.4 is 9.47 Å². The number of rotatable bonds is 6. The maximum absolute atomic E-state index is 12.7. The van der Waals surface area contributed by atoms with Gasteiger partial charge in [-0.15, -0.1) is 11.8 Å². The molecule has 0 saturated carbocycles. The van der Waals surface area contributed by atoms with Gasteiger partial charge in [0, 0.05) is 24.1 Å². The van der Waals surface area contributed by atoms with Crippen molar-refractivity contribution in [2.45, 2.75) is 11.4 Å². The first-order valence-corrected chi connectivity index (χ1v) is 8.90. The molecule has 0 unspecified atom stereocenters. The van der Waals surface area contributed by atoms with E-state index in [1.165, 1.54) is 19.1 Å². The Balaban J connectivity index is 2.19. The lowest BCUT2D eigenvalue weighted by atomic mass is 10.1. The van der Waals surface area contributed by atoms with Gasteiger partial charge >= 0.3 is 0 Å². The zero-order valence-corrected chi connectivity index (χ0v) is 15.7. The van der Waals surface area contributed by atoms with Gasteiger partial charge in [0.15, 0.2) is 11.5 Å². The van der Waals surface area contributed by atoms with Crippen molar-refractivity contribution in [1.29, 1.82) is 0 Å².